The highest BCUT2D eigenvalue weighted by molar-refractivity contribution is 6.42. The van der Waals surface area contributed by atoms with Gasteiger partial charge in [0.1, 0.15) is 0 Å². The van der Waals surface area contributed by atoms with Crippen LogP contribution in [0.2, 0.25) is 10.0 Å². The number of carbonyl (C=O) groups excluding carboxylic acids is 1. The molecule has 104 valence electrons. The van der Waals surface area contributed by atoms with Gasteiger partial charge in [-0.1, -0.05) is 35.3 Å². The molecule has 2 aromatic rings. The van der Waals surface area contributed by atoms with Crippen molar-refractivity contribution in [3.8, 4) is 0 Å². The number of carbonyl (C=O) groups is 1. The first kappa shape index (κ1) is 14.7. The Balaban J connectivity index is 2.04. The highest BCUT2D eigenvalue weighted by Crippen LogP contribution is 2.22. The van der Waals surface area contributed by atoms with Crippen LogP contribution >= 0.6 is 23.2 Å². The van der Waals surface area contributed by atoms with Crippen molar-refractivity contribution in [2.24, 2.45) is 0 Å². The predicted octanol–water partition coefficient (Wildman–Crippen LogP) is 3.81. The Hall–Kier alpha value is -1.71. The summed E-state index contributed by atoms with van der Waals surface area (Å²) in [5, 5.41) is 3.78. The van der Waals surface area contributed by atoms with Crippen molar-refractivity contribution < 1.29 is 4.79 Å². The van der Waals surface area contributed by atoms with E-state index in [4.69, 9.17) is 28.9 Å². The lowest BCUT2D eigenvalue weighted by Gasteiger charge is -2.08. The summed E-state index contributed by atoms with van der Waals surface area (Å²) in [5.74, 6) is -0.178. The molecule has 2 rings (SSSR count). The minimum atomic E-state index is -0.178. The van der Waals surface area contributed by atoms with Gasteiger partial charge >= 0.3 is 0 Å². The van der Waals surface area contributed by atoms with E-state index in [0.29, 0.717) is 27.8 Å². The van der Waals surface area contributed by atoms with Gasteiger partial charge in [0.15, 0.2) is 0 Å². The molecule has 0 saturated heterocycles. The van der Waals surface area contributed by atoms with Crippen molar-refractivity contribution >= 4 is 34.8 Å². The van der Waals surface area contributed by atoms with Gasteiger partial charge in [0, 0.05) is 17.8 Å². The third kappa shape index (κ3) is 3.44. The van der Waals surface area contributed by atoms with E-state index < -0.39 is 0 Å². The molecule has 0 atom stereocenters. The van der Waals surface area contributed by atoms with Crippen LogP contribution in [0, 0.1) is 6.92 Å². The second-order valence-corrected chi connectivity index (χ2v) is 5.32. The van der Waals surface area contributed by atoms with Crippen molar-refractivity contribution in [1.82, 2.24) is 5.32 Å². The summed E-state index contributed by atoms with van der Waals surface area (Å²) < 4.78 is 0. The lowest BCUT2D eigenvalue weighted by atomic mass is 10.1. The Kier molecular flexibility index (Phi) is 4.53. The first-order valence-corrected chi connectivity index (χ1v) is 6.81. The summed E-state index contributed by atoms with van der Waals surface area (Å²) >= 11 is 11.8. The number of nitrogens with two attached hydrogens (primary N) is 1. The number of rotatable bonds is 3. The van der Waals surface area contributed by atoms with Crippen LogP contribution in [0.3, 0.4) is 0 Å². The molecule has 0 aromatic heterocycles. The molecule has 0 bridgehead atoms. The summed E-state index contributed by atoms with van der Waals surface area (Å²) in [5.41, 5.74) is 8.76. The molecule has 0 aliphatic carbocycles. The van der Waals surface area contributed by atoms with Gasteiger partial charge in [0.05, 0.1) is 10.0 Å². The molecule has 0 radical (unpaired) electrons. The van der Waals surface area contributed by atoms with Gasteiger partial charge < -0.3 is 11.1 Å². The zero-order chi connectivity index (χ0) is 14.7. The number of aryl methyl sites for hydroxylation is 1. The van der Waals surface area contributed by atoms with Gasteiger partial charge in [-0.3, -0.25) is 4.79 Å². The van der Waals surface area contributed by atoms with E-state index in [2.05, 4.69) is 5.32 Å². The molecule has 3 nitrogen and oxygen atoms in total. The van der Waals surface area contributed by atoms with Crippen molar-refractivity contribution in [2.45, 2.75) is 13.5 Å². The Labute approximate surface area is 127 Å². The molecule has 2 aromatic carbocycles. The van der Waals surface area contributed by atoms with Gasteiger partial charge in [0.25, 0.3) is 5.91 Å². The topological polar surface area (TPSA) is 55.1 Å². The molecule has 20 heavy (non-hydrogen) atoms. The molecular formula is C15H14Cl2N2O. The molecule has 0 spiro atoms. The maximum atomic E-state index is 12.0. The van der Waals surface area contributed by atoms with Crippen LogP contribution in [0.4, 0.5) is 5.69 Å². The zero-order valence-corrected chi connectivity index (χ0v) is 12.4. The van der Waals surface area contributed by atoms with Gasteiger partial charge in [-0.15, -0.1) is 0 Å². The van der Waals surface area contributed by atoms with Crippen LogP contribution in [0.25, 0.3) is 0 Å². The van der Waals surface area contributed by atoms with E-state index in [1.54, 1.807) is 24.3 Å². The SMILES string of the molecule is Cc1ccc(C(=O)NCc2ccc(Cl)c(Cl)c2)cc1N. The van der Waals surface area contributed by atoms with Crippen molar-refractivity contribution in [3.05, 3.63) is 63.1 Å². The maximum Gasteiger partial charge on any atom is 0.251 e. The second-order valence-electron chi connectivity index (χ2n) is 4.50. The summed E-state index contributed by atoms with van der Waals surface area (Å²) in [6, 6.07) is 10.5. The highest BCUT2D eigenvalue weighted by Gasteiger charge is 2.07. The molecule has 0 fully saturated rings. The molecule has 3 N–H and O–H groups in total. The number of anilines is 1. The van der Waals surface area contributed by atoms with Gasteiger partial charge in [-0.2, -0.15) is 0 Å². The number of nitrogen functional groups attached to an aromatic ring is 1. The van der Waals surface area contributed by atoms with Crippen LogP contribution in [-0.2, 0) is 6.54 Å². The second kappa shape index (κ2) is 6.16. The summed E-state index contributed by atoms with van der Waals surface area (Å²) in [4.78, 5) is 12.0. The fourth-order valence-corrected chi connectivity index (χ4v) is 2.04. The van der Waals surface area contributed by atoms with Crippen LogP contribution in [0.1, 0.15) is 21.5 Å². The monoisotopic (exact) mass is 308 g/mol. The van der Waals surface area contributed by atoms with Gasteiger partial charge in [0.2, 0.25) is 0 Å². The minimum Gasteiger partial charge on any atom is -0.398 e. The lowest BCUT2D eigenvalue weighted by Crippen LogP contribution is -2.22. The summed E-state index contributed by atoms with van der Waals surface area (Å²) in [6.45, 7) is 2.27. The van der Waals surface area contributed by atoms with Crippen LogP contribution in [-0.4, -0.2) is 5.91 Å². The normalized spacial score (nSPS) is 10.3. The minimum absolute atomic E-state index is 0.178. The third-order valence-electron chi connectivity index (χ3n) is 2.98. The molecule has 0 aliphatic heterocycles. The van der Waals surface area contributed by atoms with Crippen LogP contribution in [0.5, 0.6) is 0 Å². The predicted molar refractivity (Wildman–Crippen MR) is 83.2 cm³/mol. The summed E-state index contributed by atoms with van der Waals surface area (Å²) in [6.07, 6.45) is 0. The largest absolute Gasteiger partial charge is 0.398 e. The van der Waals surface area contributed by atoms with E-state index in [9.17, 15) is 4.79 Å². The number of hydrogen-bond donors (Lipinski definition) is 2. The average Bonchev–Trinajstić information content (AvgIpc) is 2.43. The molecular weight excluding hydrogens is 295 g/mol. The van der Waals surface area contributed by atoms with E-state index in [0.717, 1.165) is 11.1 Å². The zero-order valence-electron chi connectivity index (χ0n) is 10.9. The van der Waals surface area contributed by atoms with Gasteiger partial charge in [-0.25, -0.2) is 0 Å². The van der Waals surface area contributed by atoms with E-state index in [1.807, 2.05) is 19.1 Å². The molecule has 0 unspecified atom stereocenters. The Bertz CT molecular complexity index is 656. The van der Waals surface area contributed by atoms with Crippen LogP contribution < -0.4 is 11.1 Å². The van der Waals surface area contributed by atoms with Crippen molar-refractivity contribution in [1.29, 1.82) is 0 Å². The molecule has 0 aliphatic rings. The lowest BCUT2D eigenvalue weighted by molar-refractivity contribution is 0.0951. The number of amides is 1. The van der Waals surface area contributed by atoms with Crippen LogP contribution in [0.15, 0.2) is 36.4 Å². The first-order valence-electron chi connectivity index (χ1n) is 6.05. The van der Waals surface area contributed by atoms with E-state index in [1.165, 1.54) is 0 Å². The smallest absolute Gasteiger partial charge is 0.251 e. The van der Waals surface area contributed by atoms with Gasteiger partial charge in [-0.05, 0) is 42.3 Å². The molecule has 5 heteroatoms. The first-order chi connectivity index (χ1) is 9.47. The number of nitrogens with one attached hydrogen (secondary N) is 1. The standard InChI is InChI=1S/C15H14Cl2N2O/c1-9-2-4-11(7-14(9)18)15(20)19-8-10-3-5-12(16)13(17)6-10/h2-7H,8,18H2,1H3,(H,19,20). The summed E-state index contributed by atoms with van der Waals surface area (Å²) in [7, 11) is 0. The molecule has 0 heterocycles. The fraction of sp³-hybridized carbons (Fsp3) is 0.133. The Morgan fingerprint density at radius 3 is 2.55 bits per heavy atom. The third-order valence-corrected chi connectivity index (χ3v) is 3.72. The molecule has 1 amide bonds. The number of benzene rings is 2. The Morgan fingerprint density at radius 2 is 1.90 bits per heavy atom. The number of halogens is 2. The Morgan fingerprint density at radius 1 is 1.15 bits per heavy atom. The van der Waals surface area contributed by atoms with Crippen molar-refractivity contribution in [2.75, 3.05) is 5.73 Å². The van der Waals surface area contributed by atoms with E-state index >= 15 is 0 Å². The highest BCUT2D eigenvalue weighted by atomic mass is 35.5. The van der Waals surface area contributed by atoms with E-state index in [-0.39, 0.29) is 5.91 Å². The number of hydrogen-bond acceptors (Lipinski definition) is 2. The fourth-order valence-electron chi connectivity index (χ4n) is 1.72. The maximum absolute atomic E-state index is 12.0. The molecule has 0 saturated carbocycles. The van der Waals surface area contributed by atoms with Crippen molar-refractivity contribution in [3.63, 3.8) is 0 Å². The quantitative estimate of drug-likeness (QED) is 0.847. The average molecular weight is 309 g/mol.